The summed E-state index contributed by atoms with van der Waals surface area (Å²) in [6.45, 7) is 4.96. The standard InChI is InChI=1S/C13H17N5O/c1-9(2)7-8-14-13(19)11-5-3-10(4-6-11)12-15-17-18-16-12/h3-6,9H,7-8H2,1-2H3,(H,14,19)(H,15,16,17,18). The minimum absolute atomic E-state index is 0.0553. The number of tetrazole rings is 1. The van der Waals surface area contributed by atoms with Gasteiger partial charge in [-0.25, -0.2) is 0 Å². The van der Waals surface area contributed by atoms with Gasteiger partial charge in [0, 0.05) is 17.7 Å². The van der Waals surface area contributed by atoms with E-state index in [0.29, 0.717) is 23.9 Å². The highest BCUT2D eigenvalue weighted by molar-refractivity contribution is 5.94. The van der Waals surface area contributed by atoms with Crippen molar-refractivity contribution in [1.29, 1.82) is 0 Å². The van der Waals surface area contributed by atoms with E-state index in [0.717, 1.165) is 12.0 Å². The molecule has 0 unspecified atom stereocenters. The number of nitrogens with one attached hydrogen (secondary N) is 2. The summed E-state index contributed by atoms with van der Waals surface area (Å²) in [5, 5.41) is 16.6. The molecule has 0 saturated carbocycles. The summed E-state index contributed by atoms with van der Waals surface area (Å²) < 4.78 is 0. The Balaban J connectivity index is 1.96. The summed E-state index contributed by atoms with van der Waals surface area (Å²) in [4.78, 5) is 11.9. The van der Waals surface area contributed by atoms with E-state index >= 15 is 0 Å². The molecule has 0 atom stereocenters. The van der Waals surface area contributed by atoms with Crippen LogP contribution in [-0.2, 0) is 0 Å². The fourth-order valence-electron chi connectivity index (χ4n) is 1.63. The van der Waals surface area contributed by atoms with Gasteiger partial charge in [0.2, 0.25) is 5.82 Å². The van der Waals surface area contributed by atoms with Gasteiger partial charge in [-0.1, -0.05) is 26.0 Å². The molecule has 1 aromatic heterocycles. The quantitative estimate of drug-likeness (QED) is 0.855. The van der Waals surface area contributed by atoms with Crippen molar-refractivity contribution in [1.82, 2.24) is 25.9 Å². The first kappa shape index (κ1) is 13.2. The highest BCUT2D eigenvalue weighted by Crippen LogP contribution is 2.13. The molecule has 1 heterocycles. The molecule has 1 amide bonds. The fourth-order valence-corrected chi connectivity index (χ4v) is 1.63. The highest BCUT2D eigenvalue weighted by Gasteiger charge is 2.07. The maximum atomic E-state index is 11.9. The van der Waals surface area contributed by atoms with Gasteiger partial charge in [-0.3, -0.25) is 4.79 Å². The van der Waals surface area contributed by atoms with Crippen molar-refractivity contribution < 1.29 is 4.79 Å². The van der Waals surface area contributed by atoms with E-state index in [1.807, 2.05) is 12.1 Å². The molecule has 100 valence electrons. The molecule has 0 aliphatic rings. The van der Waals surface area contributed by atoms with Crippen LogP contribution in [0.5, 0.6) is 0 Å². The lowest BCUT2D eigenvalue weighted by Crippen LogP contribution is -2.25. The summed E-state index contributed by atoms with van der Waals surface area (Å²) in [6, 6.07) is 7.14. The first-order valence-electron chi connectivity index (χ1n) is 6.29. The maximum absolute atomic E-state index is 11.9. The lowest BCUT2D eigenvalue weighted by molar-refractivity contribution is 0.0952. The first-order chi connectivity index (χ1) is 9.16. The number of rotatable bonds is 5. The summed E-state index contributed by atoms with van der Waals surface area (Å²) in [5.74, 6) is 1.05. The molecule has 0 saturated heterocycles. The second-order valence-corrected chi connectivity index (χ2v) is 4.75. The van der Waals surface area contributed by atoms with E-state index in [-0.39, 0.29) is 5.91 Å². The van der Waals surface area contributed by atoms with E-state index in [4.69, 9.17) is 0 Å². The predicted molar refractivity (Wildman–Crippen MR) is 71.4 cm³/mol. The summed E-state index contributed by atoms with van der Waals surface area (Å²) in [7, 11) is 0. The molecule has 2 N–H and O–H groups in total. The summed E-state index contributed by atoms with van der Waals surface area (Å²) >= 11 is 0. The van der Waals surface area contributed by atoms with E-state index in [9.17, 15) is 4.79 Å². The third kappa shape index (κ3) is 3.61. The summed E-state index contributed by atoms with van der Waals surface area (Å²) in [5.41, 5.74) is 1.46. The van der Waals surface area contributed by atoms with Crippen LogP contribution in [0.1, 0.15) is 30.6 Å². The van der Waals surface area contributed by atoms with Gasteiger partial charge in [0.15, 0.2) is 0 Å². The Morgan fingerprint density at radius 2 is 2.05 bits per heavy atom. The van der Waals surface area contributed by atoms with E-state index in [1.54, 1.807) is 12.1 Å². The minimum Gasteiger partial charge on any atom is -0.352 e. The molecule has 0 bridgehead atoms. The Morgan fingerprint density at radius 3 is 2.63 bits per heavy atom. The van der Waals surface area contributed by atoms with Crippen LogP contribution in [0.3, 0.4) is 0 Å². The molecular weight excluding hydrogens is 242 g/mol. The number of hydrogen-bond acceptors (Lipinski definition) is 4. The molecule has 0 spiro atoms. The monoisotopic (exact) mass is 259 g/mol. The average molecular weight is 259 g/mol. The van der Waals surface area contributed by atoms with Crippen LogP contribution in [-0.4, -0.2) is 33.1 Å². The lowest BCUT2D eigenvalue weighted by Gasteiger charge is -2.07. The van der Waals surface area contributed by atoms with E-state index < -0.39 is 0 Å². The van der Waals surface area contributed by atoms with Gasteiger partial charge in [-0.2, -0.15) is 5.21 Å². The van der Waals surface area contributed by atoms with Gasteiger partial charge in [-0.05, 0) is 29.7 Å². The number of hydrogen-bond donors (Lipinski definition) is 2. The Kier molecular flexibility index (Phi) is 4.22. The normalized spacial score (nSPS) is 10.7. The molecule has 6 nitrogen and oxygen atoms in total. The van der Waals surface area contributed by atoms with Crippen LogP contribution < -0.4 is 5.32 Å². The number of amides is 1. The molecule has 19 heavy (non-hydrogen) atoms. The number of carbonyl (C=O) groups is 1. The maximum Gasteiger partial charge on any atom is 0.251 e. The average Bonchev–Trinajstić information content (AvgIpc) is 2.92. The van der Waals surface area contributed by atoms with Crippen molar-refractivity contribution in [3.8, 4) is 11.4 Å². The fraction of sp³-hybridized carbons (Fsp3) is 0.385. The Bertz CT molecular complexity index is 518. The number of aromatic amines is 1. The smallest absolute Gasteiger partial charge is 0.251 e. The van der Waals surface area contributed by atoms with Gasteiger partial charge < -0.3 is 5.32 Å². The van der Waals surface area contributed by atoms with Gasteiger partial charge in [-0.15, -0.1) is 10.2 Å². The molecular formula is C13H17N5O. The predicted octanol–water partition coefficient (Wildman–Crippen LogP) is 1.64. The van der Waals surface area contributed by atoms with Crippen molar-refractivity contribution >= 4 is 5.91 Å². The number of aromatic nitrogens is 4. The molecule has 2 aromatic rings. The molecule has 0 aliphatic carbocycles. The first-order valence-corrected chi connectivity index (χ1v) is 6.29. The van der Waals surface area contributed by atoms with Crippen LogP contribution in [0, 0.1) is 5.92 Å². The second kappa shape index (κ2) is 6.08. The van der Waals surface area contributed by atoms with Gasteiger partial charge in [0.05, 0.1) is 0 Å². The molecule has 1 aromatic carbocycles. The Hall–Kier alpha value is -2.24. The summed E-state index contributed by atoms with van der Waals surface area (Å²) in [6.07, 6.45) is 0.979. The zero-order valence-corrected chi connectivity index (χ0v) is 11.1. The third-order valence-corrected chi connectivity index (χ3v) is 2.76. The third-order valence-electron chi connectivity index (χ3n) is 2.76. The van der Waals surface area contributed by atoms with E-state index in [2.05, 4.69) is 39.8 Å². The van der Waals surface area contributed by atoms with Crippen molar-refractivity contribution in [2.24, 2.45) is 5.92 Å². The van der Waals surface area contributed by atoms with Crippen molar-refractivity contribution in [2.45, 2.75) is 20.3 Å². The molecule has 6 heteroatoms. The molecule has 2 rings (SSSR count). The number of carbonyl (C=O) groups excluding carboxylic acids is 1. The zero-order chi connectivity index (χ0) is 13.7. The van der Waals surface area contributed by atoms with Gasteiger partial charge in [0.25, 0.3) is 5.91 Å². The number of nitrogens with zero attached hydrogens (tertiary/aromatic N) is 3. The lowest BCUT2D eigenvalue weighted by atomic mass is 10.1. The molecule has 0 radical (unpaired) electrons. The van der Waals surface area contributed by atoms with Crippen LogP contribution >= 0.6 is 0 Å². The van der Waals surface area contributed by atoms with Crippen molar-refractivity contribution in [2.75, 3.05) is 6.54 Å². The second-order valence-electron chi connectivity index (χ2n) is 4.75. The van der Waals surface area contributed by atoms with Gasteiger partial charge >= 0.3 is 0 Å². The van der Waals surface area contributed by atoms with E-state index in [1.165, 1.54) is 0 Å². The Morgan fingerprint density at radius 1 is 1.32 bits per heavy atom. The topological polar surface area (TPSA) is 83.6 Å². The van der Waals surface area contributed by atoms with Crippen LogP contribution in [0.4, 0.5) is 0 Å². The number of benzene rings is 1. The zero-order valence-electron chi connectivity index (χ0n) is 11.1. The van der Waals surface area contributed by atoms with Crippen molar-refractivity contribution in [3.63, 3.8) is 0 Å². The van der Waals surface area contributed by atoms with Crippen molar-refractivity contribution in [3.05, 3.63) is 29.8 Å². The molecule has 0 aliphatic heterocycles. The van der Waals surface area contributed by atoms with Gasteiger partial charge in [0.1, 0.15) is 0 Å². The van der Waals surface area contributed by atoms with Crippen LogP contribution in [0.25, 0.3) is 11.4 Å². The molecule has 0 fully saturated rings. The SMILES string of the molecule is CC(C)CCNC(=O)c1ccc(-c2nn[nH]n2)cc1. The Labute approximate surface area is 111 Å². The largest absolute Gasteiger partial charge is 0.352 e. The minimum atomic E-state index is -0.0553. The van der Waals surface area contributed by atoms with Crippen LogP contribution in [0.15, 0.2) is 24.3 Å². The highest BCUT2D eigenvalue weighted by atomic mass is 16.1. The van der Waals surface area contributed by atoms with Crippen LogP contribution in [0.2, 0.25) is 0 Å². The number of H-pyrrole nitrogens is 1.